The summed E-state index contributed by atoms with van der Waals surface area (Å²) in [6, 6.07) is 93.5. The van der Waals surface area contributed by atoms with Gasteiger partial charge < -0.3 is 4.90 Å². The molecule has 1 heteroatoms. The van der Waals surface area contributed by atoms with Gasteiger partial charge in [0.2, 0.25) is 0 Å². The Morgan fingerprint density at radius 3 is 1.34 bits per heavy atom. The molecule has 11 aromatic carbocycles. The maximum atomic E-state index is 2.44. The Bertz CT molecular complexity index is 3520. The van der Waals surface area contributed by atoms with Crippen molar-refractivity contribution in [3.63, 3.8) is 0 Å². The van der Waals surface area contributed by atoms with Gasteiger partial charge in [-0.2, -0.15) is 0 Å². The first-order chi connectivity index (χ1) is 32.1. The summed E-state index contributed by atoms with van der Waals surface area (Å²) in [5, 5.41) is 5.03. The van der Waals surface area contributed by atoms with E-state index < -0.39 is 0 Å². The van der Waals surface area contributed by atoms with Gasteiger partial charge in [-0.15, -0.1) is 0 Å². The zero-order valence-electron chi connectivity index (χ0n) is 36.2. The minimum atomic E-state index is -0.293. The predicted octanol–water partition coefficient (Wildman–Crippen LogP) is 17.5. The second-order valence-corrected chi connectivity index (χ2v) is 17.3. The second-order valence-electron chi connectivity index (χ2n) is 17.3. The largest absolute Gasteiger partial charge is 0.310 e. The zero-order chi connectivity index (χ0) is 43.3. The Morgan fingerprint density at radius 2 is 0.708 bits per heavy atom. The van der Waals surface area contributed by atoms with Crippen molar-refractivity contribution in [1.82, 2.24) is 0 Å². The Kier molecular flexibility index (Phi) is 9.35. The first-order valence-corrected chi connectivity index (χ1v) is 22.6. The van der Waals surface area contributed by atoms with Crippen LogP contribution in [0.5, 0.6) is 0 Å². The highest BCUT2D eigenvalue weighted by Gasteiger charge is 2.42. The van der Waals surface area contributed by atoms with Crippen LogP contribution in [0.3, 0.4) is 0 Å². The third-order valence-electron chi connectivity index (χ3n) is 13.8. The fraction of sp³-hybridized carbons (Fsp3) is 0.0312. The lowest BCUT2D eigenvalue weighted by molar-refractivity contribution is 0.714. The molecule has 306 valence electrons. The van der Waals surface area contributed by atoms with Gasteiger partial charge in [-0.05, 0) is 126 Å². The molecule has 12 rings (SSSR count). The van der Waals surface area contributed by atoms with Gasteiger partial charge in [-0.25, -0.2) is 0 Å². The molecule has 11 aromatic rings. The fourth-order valence-electron chi connectivity index (χ4n) is 10.6. The molecule has 0 fully saturated rings. The molecule has 0 heterocycles. The summed E-state index contributed by atoms with van der Waals surface area (Å²) in [5.74, 6) is 0. The lowest BCUT2D eigenvalue weighted by Crippen LogP contribution is -2.22. The number of anilines is 3. The van der Waals surface area contributed by atoms with Gasteiger partial charge in [-0.1, -0.05) is 224 Å². The summed E-state index contributed by atoms with van der Waals surface area (Å²) in [6.07, 6.45) is 0. The van der Waals surface area contributed by atoms with Gasteiger partial charge in [-0.3, -0.25) is 0 Å². The predicted molar refractivity (Wildman–Crippen MR) is 275 cm³/mol. The summed E-state index contributed by atoms with van der Waals surface area (Å²) in [7, 11) is 0. The maximum Gasteiger partial charge on any atom is 0.0540 e. The first-order valence-electron chi connectivity index (χ1n) is 22.6. The van der Waals surface area contributed by atoms with Crippen LogP contribution in [-0.4, -0.2) is 0 Å². The van der Waals surface area contributed by atoms with E-state index in [2.05, 4.69) is 267 Å². The van der Waals surface area contributed by atoms with Gasteiger partial charge in [0.15, 0.2) is 0 Å². The molecule has 0 N–H and O–H groups in total. The summed E-state index contributed by atoms with van der Waals surface area (Å²) in [6.45, 7) is 2.39. The van der Waals surface area contributed by atoms with Gasteiger partial charge in [0, 0.05) is 22.4 Å². The summed E-state index contributed by atoms with van der Waals surface area (Å²) in [4.78, 5) is 2.44. The van der Waals surface area contributed by atoms with Crippen molar-refractivity contribution >= 4 is 38.6 Å². The van der Waals surface area contributed by atoms with E-state index in [1.807, 2.05) is 0 Å². The monoisotopic (exact) mass is 827 g/mol. The van der Waals surface area contributed by atoms with Crippen molar-refractivity contribution in [1.29, 1.82) is 0 Å². The smallest absolute Gasteiger partial charge is 0.0540 e. The van der Waals surface area contributed by atoms with Crippen LogP contribution in [-0.2, 0) is 5.41 Å². The molecule has 0 bridgehead atoms. The maximum absolute atomic E-state index is 2.44. The molecule has 0 spiro atoms. The minimum absolute atomic E-state index is 0.293. The molecule has 0 aromatic heterocycles. The van der Waals surface area contributed by atoms with Crippen molar-refractivity contribution in [3.8, 4) is 55.6 Å². The van der Waals surface area contributed by atoms with E-state index in [1.165, 1.54) is 93.9 Å². The van der Waals surface area contributed by atoms with Crippen LogP contribution in [0, 0.1) is 0 Å². The van der Waals surface area contributed by atoms with Crippen LogP contribution in [0.15, 0.2) is 255 Å². The fourth-order valence-corrected chi connectivity index (χ4v) is 10.6. The number of benzene rings is 11. The Hall–Kier alpha value is -8.26. The lowest BCUT2D eigenvalue weighted by atomic mass is 9.74. The summed E-state index contributed by atoms with van der Waals surface area (Å²) < 4.78 is 0. The summed E-state index contributed by atoms with van der Waals surface area (Å²) in [5.41, 5.74) is 19.3. The molecular formula is C64H45N. The molecule has 1 aliphatic rings. The van der Waals surface area contributed by atoms with E-state index in [-0.39, 0.29) is 5.41 Å². The summed E-state index contributed by atoms with van der Waals surface area (Å²) >= 11 is 0. The number of nitrogens with zero attached hydrogens (tertiary/aromatic N) is 1. The number of rotatable bonds is 8. The number of hydrogen-bond acceptors (Lipinski definition) is 1. The van der Waals surface area contributed by atoms with Crippen molar-refractivity contribution < 1.29 is 0 Å². The van der Waals surface area contributed by atoms with E-state index in [9.17, 15) is 0 Å². The third kappa shape index (κ3) is 6.47. The first kappa shape index (κ1) is 38.4. The molecule has 0 aliphatic heterocycles. The van der Waals surface area contributed by atoms with E-state index in [4.69, 9.17) is 0 Å². The molecule has 0 amide bonds. The average Bonchev–Trinajstić information content (AvgIpc) is 3.65. The van der Waals surface area contributed by atoms with Crippen LogP contribution >= 0.6 is 0 Å². The van der Waals surface area contributed by atoms with Crippen LogP contribution in [0.25, 0.3) is 77.2 Å². The van der Waals surface area contributed by atoms with Crippen molar-refractivity contribution in [3.05, 3.63) is 271 Å². The average molecular weight is 828 g/mol. The molecule has 1 unspecified atom stereocenters. The third-order valence-corrected chi connectivity index (χ3v) is 13.8. The van der Waals surface area contributed by atoms with E-state index in [0.717, 1.165) is 17.1 Å². The van der Waals surface area contributed by atoms with Crippen LogP contribution < -0.4 is 4.90 Å². The molecule has 1 atom stereocenters. The lowest BCUT2D eigenvalue weighted by Gasteiger charge is -2.30. The quantitative estimate of drug-likeness (QED) is 0.147. The number of fused-ring (bicyclic) bond motifs is 5. The highest BCUT2D eigenvalue weighted by molar-refractivity contribution is 6.01. The SMILES string of the molecule is CC1(c2ccccc2)c2ccccc2-c2c(-c3ccccc3N(c3ccc(-c4ccc(-c5cccc6ccccc56)cc4)cc3)c3ccc(-c4cccc5ccccc45)cc3)cccc21. The molecule has 1 nitrogen and oxygen atoms in total. The number of para-hydroxylation sites is 1. The minimum Gasteiger partial charge on any atom is -0.310 e. The Balaban J connectivity index is 0.985. The van der Waals surface area contributed by atoms with Gasteiger partial charge in [0.1, 0.15) is 0 Å². The van der Waals surface area contributed by atoms with E-state index in [0.29, 0.717) is 0 Å². The molecule has 0 radical (unpaired) electrons. The second kappa shape index (κ2) is 15.8. The van der Waals surface area contributed by atoms with Gasteiger partial charge in [0.25, 0.3) is 0 Å². The van der Waals surface area contributed by atoms with Crippen molar-refractivity contribution in [2.24, 2.45) is 0 Å². The normalized spacial score (nSPS) is 14.0. The molecular weight excluding hydrogens is 783 g/mol. The van der Waals surface area contributed by atoms with Crippen LogP contribution in [0.1, 0.15) is 23.6 Å². The Morgan fingerprint density at radius 1 is 0.292 bits per heavy atom. The molecule has 1 aliphatic carbocycles. The topological polar surface area (TPSA) is 3.24 Å². The van der Waals surface area contributed by atoms with E-state index >= 15 is 0 Å². The number of hydrogen-bond donors (Lipinski definition) is 0. The van der Waals surface area contributed by atoms with Crippen LogP contribution in [0.4, 0.5) is 17.1 Å². The van der Waals surface area contributed by atoms with E-state index in [1.54, 1.807) is 0 Å². The zero-order valence-corrected chi connectivity index (χ0v) is 36.2. The molecule has 65 heavy (non-hydrogen) atoms. The Labute approximate surface area is 381 Å². The van der Waals surface area contributed by atoms with Gasteiger partial charge >= 0.3 is 0 Å². The van der Waals surface area contributed by atoms with Crippen LogP contribution in [0.2, 0.25) is 0 Å². The standard InChI is InChI=1S/C64H45N/c1-64(50-20-3-2-4-21-50)60-29-11-9-25-59(60)63-58(28-15-30-61(63)64)57-24-10-12-31-62(57)65(52-42-38-49(39-43-52)56-27-14-19-47-17-6-8-23-54(47)56)51-40-36-45(37-41-51)44-32-34-48(35-33-44)55-26-13-18-46-16-5-7-22-53(46)55/h2-43H,1H3. The highest BCUT2D eigenvalue weighted by atomic mass is 15.1. The van der Waals surface area contributed by atoms with Crippen molar-refractivity contribution in [2.45, 2.75) is 12.3 Å². The molecule has 0 saturated heterocycles. The highest BCUT2D eigenvalue weighted by Crippen LogP contribution is 2.56. The van der Waals surface area contributed by atoms with Gasteiger partial charge in [0.05, 0.1) is 5.69 Å². The molecule has 0 saturated carbocycles. The van der Waals surface area contributed by atoms with Crippen molar-refractivity contribution in [2.75, 3.05) is 4.90 Å².